The molecule has 0 bridgehead atoms. The molecule has 108 valence electrons. The third-order valence-electron chi connectivity index (χ3n) is 4.48. The summed E-state index contributed by atoms with van der Waals surface area (Å²) in [6.45, 7) is 4.75. The highest BCUT2D eigenvalue weighted by atomic mass is 16.2. The highest BCUT2D eigenvalue weighted by molar-refractivity contribution is 6.04. The molecule has 4 atom stereocenters. The Morgan fingerprint density at radius 3 is 2.74 bits per heavy atom. The number of nitrogens with two attached hydrogens (primary N) is 1. The minimum Gasteiger partial charge on any atom is -0.330 e. The van der Waals surface area contributed by atoms with Gasteiger partial charge in [0.2, 0.25) is 0 Å². The zero-order valence-corrected chi connectivity index (χ0v) is 11.9. The minimum atomic E-state index is -0.326. The van der Waals surface area contributed by atoms with Crippen LogP contribution in [0.25, 0.3) is 0 Å². The Kier molecular flexibility index (Phi) is 4.45. The van der Waals surface area contributed by atoms with Gasteiger partial charge >= 0.3 is 6.03 Å². The third-order valence-corrected chi connectivity index (χ3v) is 4.48. The van der Waals surface area contributed by atoms with Crippen LogP contribution in [0.4, 0.5) is 4.79 Å². The fourth-order valence-electron chi connectivity index (χ4n) is 3.35. The Morgan fingerprint density at radius 1 is 1.37 bits per heavy atom. The largest absolute Gasteiger partial charge is 0.330 e. The first-order valence-electron chi connectivity index (χ1n) is 7.42. The van der Waals surface area contributed by atoms with Crippen molar-refractivity contribution in [1.82, 2.24) is 10.2 Å². The molecule has 1 saturated heterocycles. The molecule has 0 spiro atoms. The van der Waals surface area contributed by atoms with E-state index < -0.39 is 0 Å². The molecule has 1 aliphatic heterocycles. The molecule has 19 heavy (non-hydrogen) atoms. The number of hydrogen-bond donors (Lipinski definition) is 2. The summed E-state index contributed by atoms with van der Waals surface area (Å²) in [5, 5.41) is 2.81. The second kappa shape index (κ2) is 5.90. The lowest BCUT2D eigenvalue weighted by atomic mass is 9.78. The van der Waals surface area contributed by atoms with Gasteiger partial charge in [-0.25, -0.2) is 4.79 Å². The molecule has 4 unspecified atom stereocenters. The van der Waals surface area contributed by atoms with E-state index in [4.69, 9.17) is 5.73 Å². The van der Waals surface area contributed by atoms with Gasteiger partial charge in [-0.1, -0.05) is 26.7 Å². The molecular weight excluding hydrogens is 242 g/mol. The summed E-state index contributed by atoms with van der Waals surface area (Å²) >= 11 is 0. The molecule has 0 radical (unpaired) electrons. The van der Waals surface area contributed by atoms with Crippen molar-refractivity contribution in [2.75, 3.05) is 6.54 Å². The van der Waals surface area contributed by atoms with Crippen molar-refractivity contribution in [1.29, 1.82) is 0 Å². The molecule has 2 fully saturated rings. The van der Waals surface area contributed by atoms with E-state index >= 15 is 0 Å². The fraction of sp³-hybridized carbons (Fsp3) is 0.857. The van der Waals surface area contributed by atoms with Gasteiger partial charge in [0, 0.05) is 6.04 Å². The number of nitrogens with zero attached hydrogens (tertiary/aromatic N) is 1. The van der Waals surface area contributed by atoms with E-state index in [1.807, 2.05) is 6.92 Å². The van der Waals surface area contributed by atoms with E-state index in [0.717, 1.165) is 32.1 Å². The van der Waals surface area contributed by atoms with Gasteiger partial charge < -0.3 is 11.1 Å². The smallest absolute Gasteiger partial charge is 0.325 e. The second-order valence-electron chi connectivity index (χ2n) is 5.98. The standard InChI is InChI=1S/C14H25N3O2/c1-3-4-11-13(18)17(14(19)16-11)12-7-9(2)5-6-10(12)8-15/h9-12H,3-8,15H2,1-2H3,(H,16,19). The Morgan fingerprint density at radius 2 is 2.11 bits per heavy atom. The van der Waals surface area contributed by atoms with E-state index in [9.17, 15) is 9.59 Å². The van der Waals surface area contributed by atoms with Crippen LogP contribution in [0.5, 0.6) is 0 Å². The van der Waals surface area contributed by atoms with Crippen molar-refractivity contribution >= 4 is 11.9 Å². The predicted octanol–water partition coefficient (Wildman–Crippen LogP) is 1.47. The van der Waals surface area contributed by atoms with Gasteiger partial charge in [0.1, 0.15) is 6.04 Å². The summed E-state index contributed by atoms with van der Waals surface area (Å²) in [6.07, 6.45) is 4.65. The fourth-order valence-corrected chi connectivity index (χ4v) is 3.35. The molecular formula is C14H25N3O2. The summed E-state index contributed by atoms with van der Waals surface area (Å²) in [7, 11) is 0. The van der Waals surface area contributed by atoms with Crippen molar-refractivity contribution in [3.8, 4) is 0 Å². The van der Waals surface area contributed by atoms with E-state index in [2.05, 4.69) is 12.2 Å². The molecule has 0 aromatic heterocycles. The summed E-state index contributed by atoms with van der Waals surface area (Å²) in [4.78, 5) is 25.9. The van der Waals surface area contributed by atoms with Crippen LogP contribution < -0.4 is 11.1 Å². The van der Waals surface area contributed by atoms with Crippen molar-refractivity contribution in [2.45, 2.75) is 58.0 Å². The van der Waals surface area contributed by atoms with Crippen LogP contribution >= 0.6 is 0 Å². The number of urea groups is 1. The molecule has 0 aromatic rings. The average Bonchev–Trinajstić information content (AvgIpc) is 2.65. The highest BCUT2D eigenvalue weighted by Gasteiger charge is 2.45. The number of carbonyl (C=O) groups excluding carboxylic acids is 2. The van der Waals surface area contributed by atoms with E-state index in [1.165, 1.54) is 4.90 Å². The lowest BCUT2D eigenvalue weighted by Gasteiger charge is -2.38. The van der Waals surface area contributed by atoms with Gasteiger partial charge in [-0.2, -0.15) is 0 Å². The summed E-state index contributed by atoms with van der Waals surface area (Å²) in [5.74, 6) is 0.759. The lowest BCUT2D eigenvalue weighted by molar-refractivity contribution is -0.130. The van der Waals surface area contributed by atoms with Crippen LogP contribution in [0.1, 0.15) is 46.0 Å². The molecule has 3 N–H and O–H groups in total. The van der Waals surface area contributed by atoms with Crippen LogP contribution in [0.15, 0.2) is 0 Å². The van der Waals surface area contributed by atoms with Gasteiger partial charge in [0.15, 0.2) is 0 Å². The zero-order chi connectivity index (χ0) is 14.0. The average molecular weight is 267 g/mol. The van der Waals surface area contributed by atoms with Crippen molar-refractivity contribution in [3.63, 3.8) is 0 Å². The Labute approximate surface area is 114 Å². The quantitative estimate of drug-likeness (QED) is 0.757. The minimum absolute atomic E-state index is 0.0110. The van der Waals surface area contributed by atoms with Crippen LogP contribution in [0.3, 0.4) is 0 Å². The number of imide groups is 1. The Hall–Kier alpha value is -1.10. The summed E-state index contributed by atoms with van der Waals surface area (Å²) < 4.78 is 0. The molecule has 3 amide bonds. The van der Waals surface area contributed by atoms with Crippen molar-refractivity contribution in [3.05, 3.63) is 0 Å². The topological polar surface area (TPSA) is 75.4 Å². The van der Waals surface area contributed by atoms with Crippen LogP contribution in [0.2, 0.25) is 0 Å². The zero-order valence-electron chi connectivity index (χ0n) is 11.9. The van der Waals surface area contributed by atoms with Gasteiger partial charge in [0.25, 0.3) is 5.91 Å². The number of carbonyl (C=O) groups is 2. The third kappa shape index (κ3) is 2.76. The molecule has 5 nitrogen and oxygen atoms in total. The van der Waals surface area contributed by atoms with Crippen LogP contribution in [-0.2, 0) is 4.79 Å². The number of nitrogens with one attached hydrogen (secondary N) is 1. The molecule has 1 heterocycles. The van der Waals surface area contributed by atoms with Crippen LogP contribution in [-0.4, -0.2) is 35.5 Å². The van der Waals surface area contributed by atoms with Crippen molar-refractivity contribution in [2.24, 2.45) is 17.6 Å². The first kappa shape index (κ1) is 14.3. The van der Waals surface area contributed by atoms with E-state index in [1.54, 1.807) is 0 Å². The molecule has 0 aromatic carbocycles. The van der Waals surface area contributed by atoms with Gasteiger partial charge in [0.05, 0.1) is 0 Å². The maximum Gasteiger partial charge on any atom is 0.325 e. The lowest BCUT2D eigenvalue weighted by Crippen LogP contribution is -2.49. The van der Waals surface area contributed by atoms with E-state index in [-0.39, 0.29) is 29.9 Å². The Balaban J connectivity index is 2.14. The first-order chi connectivity index (χ1) is 9.08. The summed E-state index contributed by atoms with van der Waals surface area (Å²) in [5.41, 5.74) is 5.82. The highest BCUT2D eigenvalue weighted by Crippen LogP contribution is 2.33. The van der Waals surface area contributed by atoms with Crippen LogP contribution in [0, 0.1) is 11.8 Å². The van der Waals surface area contributed by atoms with E-state index in [0.29, 0.717) is 12.5 Å². The number of amides is 3. The molecule has 2 rings (SSSR count). The first-order valence-corrected chi connectivity index (χ1v) is 7.42. The van der Waals surface area contributed by atoms with Crippen molar-refractivity contribution < 1.29 is 9.59 Å². The van der Waals surface area contributed by atoms with Gasteiger partial charge in [-0.05, 0) is 37.6 Å². The van der Waals surface area contributed by atoms with Gasteiger partial charge in [-0.3, -0.25) is 9.69 Å². The normalized spacial score (nSPS) is 35.6. The molecule has 1 aliphatic carbocycles. The SMILES string of the molecule is CCCC1NC(=O)N(C2CC(C)CCC2CN)C1=O. The maximum atomic E-state index is 12.4. The molecule has 5 heteroatoms. The monoisotopic (exact) mass is 267 g/mol. The Bertz CT molecular complexity index is 359. The molecule has 2 aliphatic rings. The molecule has 1 saturated carbocycles. The second-order valence-corrected chi connectivity index (χ2v) is 5.98. The number of hydrogen-bond acceptors (Lipinski definition) is 3. The van der Waals surface area contributed by atoms with Gasteiger partial charge in [-0.15, -0.1) is 0 Å². The number of rotatable bonds is 4. The predicted molar refractivity (Wildman–Crippen MR) is 73.4 cm³/mol. The summed E-state index contributed by atoms with van der Waals surface area (Å²) in [6, 6.07) is -0.558. The maximum absolute atomic E-state index is 12.4.